The molecule has 1 aliphatic rings. The number of rotatable bonds is 3. The van der Waals surface area contributed by atoms with Crippen molar-refractivity contribution in [2.24, 2.45) is 5.73 Å². The highest BCUT2D eigenvalue weighted by molar-refractivity contribution is 5.75. The number of primary amides is 1. The first-order chi connectivity index (χ1) is 5.59. The van der Waals surface area contributed by atoms with Crippen LogP contribution in [0.15, 0.2) is 0 Å². The molecule has 0 saturated carbocycles. The average molecular weight is 172 g/mol. The van der Waals surface area contributed by atoms with Gasteiger partial charge in [0.2, 0.25) is 11.8 Å². The number of carbonyl (C=O) groups is 2. The summed E-state index contributed by atoms with van der Waals surface area (Å²) in [4.78, 5) is 22.6. The highest BCUT2D eigenvalue weighted by Gasteiger charge is 2.29. The number of ether oxygens (including phenoxy) is 1. The van der Waals surface area contributed by atoms with Crippen LogP contribution in [0.3, 0.4) is 0 Å². The molecule has 0 radical (unpaired) electrons. The maximum absolute atomic E-state index is 10.7. The van der Waals surface area contributed by atoms with Crippen LogP contribution in [0, 0.1) is 0 Å². The summed E-state index contributed by atoms with van der Waals surface area (Å²) in [5, 5.41) is 0. The normalized spacial score (nSPS) is 17.2. The SMILES string of the molecule is CC(=O)N1CC(OCC(N)=O)C1. The zero-order chi connectivity index (χ0) is 9.14. The molecule has 0 aliphatic carbocycles. The van der Waals surface area contributed by atoms with Crippen molar-refractivity contribution in [2.75, 3.05) is 19.7 Å². The standard InChI is InChI=1S/C7H12N2O3/c1-5(10)9-2-6(3-9)12-4-7(8)11/h6H,2-4H2,1H3,(H2,8,11). The summed E-state index contributed by atoms with van der Waals surface area (Å²) >= 11 is 0. The Hall–Kier alpha value is -1.10. The molecule has 2 amide bonds. The Bertz CT molecular complexity index is 196. The molecule has 2 N–H and O–H groups in total. The average Bonchev–Trinajstić information content (AvgIpc) is 1.82. The first-order valence-electron chi connectivity index (χ1n) is 3.75. The van der Waals surface area contributed by atoms with Gasteiger partial charge < -0.3 is 15.4 Å². The molecule has 12 heavy (non-hydrogen) atoms. The molecule has 0 aromatic rings. The summed E-state index contributed by atoms with van der Waals surface area (Å²) in [6.07, 6.45) is -0.0126. The molecular formula is C7H12N2O3. The minimum absolute atomic E-state index is 0.0126. The Kier molecular flexibility index (Phi) is 2.65. The smallest absolute Gasteiger partial charge is 0.243 e. The molecule has 68 valence electrons. The van der Waals surface area contributed by atoms with E-state index in [1.807, 2.05) is 0 Å². The van der Waals surface area contributed by atoms with E-state index in [0.29, 0.717) is 13.1 Å². The largest absolute Gasteiger partial charge is 0.368 e. The van der Waals surface area contributed by atoms with Gasteiger partial charge in [-0.25, -0.2) is 0 Å². The fourth-order valence-electron chi connectivity index (χ4n) is 1.00. The van der Waals surface area contributed by atoms with Crippen LogP contribution in [0.25, 0.3) is 0 Å². The van der Waals surface area contributed by atoms with Crippen LogP contribution < -0.4 is 5.73 Å². The van der Waals surface area contributed by atoms with Gasteiger partial charge in [-0.1, -0.05) is 0 Å². The van der Waals surface area contributed by atoms with Crippen molar-refractivity contribution >= 4 is 11.8 Å². The summed E-state index contributed by atoms with van der Waals surface area (Å²) in [5.41, 5.74) is 4.87. The number of nitrogens with two attached hydrogens (primary N) is 1. The number of hydrogen-bond donors (Lipinski definition) is 1. The van der Waals surface area contributed by atoms with Crippen molar-refractivity contribution in [3.05, 3.63) is 0 Å². The lowest BCUT2D eigenvalue weighted by atomic mass is 10.2. The summed E-state index contributed by atoms with van der Waals surface area (Å²) in [6, 6.07) is 0. The van der Waals surface area contributed by atoms with Crippen molar-refractivity contribution < 1.29 is 14.3 Å². The minimum atomic E-state index is -0.476. The molecule has 1 aliphatic heterocycles. The molecule has 0 spiro atoms. The zero-order valence-electron chi connectivity index (χ0n) is 6.95. The number of likely N-dealkylation sites (tertiary alicyclic amines) is 1. The van der Waals surface area contributed by atoms with Gasteiger partial charge in [-0.15, -0.1) is 0 Å². The van der Waals surface area contributed by atoms with E-state index in [1.54, 1.807) is 4.90 Å². The molecule has 1 rings (SSSR count). The molecule has 0 atom stereocenters. The van der Waals surface area contributed by atoms with Crippen LogP contribution >= 0.6 is 0 Å². The molecule has 1 fully saturated rings. The van der Waals surface area contributed by atoms with Gasteiger partial charge in [-0.2, -0.15) is 0 Å². The molecule has 0 unspecified atom stereocenters. The molecule has 5 nitrogen and oxygen atoms in total. The monoisotopic (exact) mass is 172 g/mol. The quantitative estimate of drug-likeness (QED) is 0.576. The summed E-state index contributed by atoms with van der Waals surface area (Å²) < 4.78 is 5.05. The molecule has 0 aromatic carbocycles. The van der Waals surface area contributed by atoms with E-state index >= 15 is 0 Å². The van der Waals surface area contributed by atoms with Crippen molar-refractivity contribution in [3.8, 4) is 0 Å². The Balaban J connectivity index is 2.10. The van der Waals surface area contributed by atoms with Crippen LogP contribution in [0.2, 0.25) is 0 Å². The van der Waals surface area contributed by atoms with Gasteiger partial charge in [-0.05, 0) is 0 Å². The molecule has 1 heterocycles. The molecule has 0 bridgehead atoms. The number of amides is 2. The molecule has 5 heteroatoms. The Labute approximate surface area is 70.5 Å². The number of nitrogens with zero attached hydrogens (tertiary/aromatic N) is 1. The highest BCUT2D eigenvalue weighted by atomic mass is 16.5. The third-order valence-electron chi connectivity index (χ3n) is 1.75. The highest BCUT2D eigenvalue weighted by Crippen LogP contribution is 2.10. The van der Waals surface area contributed by atoms with E-state index in [-0.39, 0.29) is 18.6 Å². The van der Waals surface area contributed by atoms with E-state index in [0.717, 1.165) is 0 Å². The first-order valence-corrected chi connectivity index (χ1v) is 3.75. The second-order valence-electron chi connectivity index (χ2n) is 2.82. The molecular weight excluding hydrogens is 160 g/mol. The topological polar surface area (TPSA) is 72.6 Å². The lowest BCUT2D eigenvalue weighted by Crippen LogP contribution is -2.54. The lowest BCUT2D eigenvalue weighted by Gasteiger charge is -2.37. The maximum atomic E-state index is 10.7. The molecule has 1 saturated heterocycles. The number of carbonyl (C=O) groups excluding carboxylic acids is 2. The van der Waals surface area contributed by atoms with Gasteiger partial charge in [0, 0.05) is 20.0 Å². The van der Waals surface area contributed by atoms with E-state index in [2.05, 4.69) is 0 Å². The predicted molar refractivity (Wildman–Crippen MR) is 41.2 cm³/mol. The van der Waals surface area contributed by atoms with Crippen LogP contribution in [0.5, 0.6) is 0 Å². The summed E-state index contributed by atoms with van der Waals surface area (Å²) in [7, 11) is 0. The summed E-state index contributed by atoms with van der Waals surface area (Å²) in [5.74, 6) is -0.440. The predicted octanol–water partition coefficient (Wildman–Crippen LogP) is -1.28. The van der Waals surface area contributed by atoms with Crippen LogP contribution in [-0.4, -0.2) is 42.5 Å². The Morgan fingerprint density at radius 2 is 2.17 bits per heavy atom. The van der Waals surface area contributed by atoms with Gasteiger partial charge >= 0.3 is 0 Å². The lowest BCUT2D eigenvalue weighted by molar-refractivity contribution is -0.145. The van der Waals surface area contributed by atoms with E-state index < -0.39 is 5.91 Å². The Morgan fingerprint density at radius 1 is 1.58 bits per heavy atom. The number of hydrogen-bond acceptors (Lipinski definition) is 3. The maximum Gasteiger partial charge on any atom is 0.243 e. The molecule has 0 aromatic heterocycles. The fraction of sp³-hybridized carbons (Fsp3) is 0.714. The third-order valence-corrected chi connectivity index (χ3v) is 1.75. The second kappa shape index (κ2) is 3.53. The van der Waals surface area contributed by atoms with E-state index in [9.17, 15) is 9.59 Å². The van der Waals surface area contributed by atoms with Crippen LogP contribution in [0.1, 0.15) is 6.92 Å². The van der Waals surface area contributed by atoms with Crippen molar-refractivity contribution in [2.45, 2.75) is 13.0 Å². The van der Waals surface area contributed by atoms with Crippen LogP contribution in [-0.2, 0) is 14.3 Å². The van der Waals surface area contributed by atoms with Crippen LogP contribution in [0.4, 0.5) is 0 Å². The van der Waals surface area contributed by atoms with Gasteiger partial charge in [0.1, 0.15) is 6.61 Å². The van der Waals surface area contributed by atoms with Gasteiger partial charge in [0.25, 0.3) is 0 Å². The fourth-order valence-corrected chi connectivity index (χ4v) is 1.00. The minimum Gasteiger partial charge on any atom is -0.368 e. The van der Waals surface area contributed by atoms with E-state index in [4.69, 9.17) is 10.5 Å². The zero-order valence-corrected chi connectivity index (χ0v) is 6.95. The second-order valence-corrected chi connectivity index (χ2v) is 2.82. The van der Waals surface area contributed by atoms with Crippen molar-refractivity contribution in [1.29, 1.82) is 0 Å². The van der Waals surface area contributed by atoms with Gasteiger partial charge in [-0.3, -0.25) is 9.59 Å². The van der Waals surface area contributed by atoms with Gasteiger partial charge in [0.15, 0.2) is 0 Å². The van der Waals surface area contributed by atoms with Crippen molar-refractivity contribution in [1.82, 2.24) is 4.90 Å². The van der Waals surface area contributed by atoms with E-state index in [1.165, 1.54) is 6.92 Å². The third kappa shape index (κ3) is 2.20. The first kappa shape index (κ1) is 8.99. The summed E-state index contributed by atoms with van der Waals surface area (Å²) in [6.45, 7) is 2.59. The van der Waals surface area contributed by atoms with Crippen molar-refractivity contribution in [3.63, 3.8) is 0 Å². The Morgan fingerprint density at radius 3 is 2.58 bits per heavy atom. The van der Waals surface area contributed by atoms with Gasteiger partial charge in [0.05, 0.1) is 6.10 Å².